The van der Waals surface area contributed by atoms with Gasteiger partial charge in [0.25, 0.3) is 10.0 Å². The second-order valence-electron chi connectivity index (χ2n) is 7.36. The van der Waals surface area contributed by atoms with E-state index in [9.17, 15) is 13.2 Å². The molecule has 7 heteroatoms. The van der Waals surface area contributed by atoms with Crippen molar-refractivity contribution in [1.82, 2.24) is 4.98 Å². The van der Waals surface area contributed by atoms with Gasteiger partial charge in [-0.3, -0.25) is 9.10 Å². The van der Waals surface area contributed by atoms with Gasteiger partial charge in [-0.1, -0.05) is 36.4 Å². The zero-order valence-electron chi connectivity index (χ0n) is 17.9. The monoisotopic (exact) mass is 448 g/mol. The first-order chi connectivity index (χ1) is 15.4. The highest BCUT2D eigenvalue weighted by Crippen LogP contribution is 2.26. The third-order valence-corrected chi connectivity index (χ3v) is 7.20. The Hall–Kier alpha value is -3.58. The number of rotatable bonds is 8. The summed E-state index contributed by atoms with van der Waals surface area (Å²) >= 11 is 0. The highest BCUT2D eigenvalue weighted by molar-refractivity contribution is 7.92. The van der Waals surface area contributed by atoms with E-state index < -0.39 is 10.0 Å². The first-order valence-corrected chi connectivity index (χ1v) is 11.8. The smallest absolute Gasteiger partial charge is 0.264 e. The molecule has 3 aromatic carbocycles. The predicted molar refractivity (Wildman–Crippen MR) is 126 cm³/mol. The Morgan fingerprint density at radius 2 is 1.59 bits per heavy atom. The normalized spacial score (nSPS) is 11.4. The molecule has 1 N–H and O–H groups in total. The summed E-state index contributed by atoms with van der Waals surface area (Å²) in [5, 5.41) is 0.862. The fourth-order valence-corrected chi connectivity index (χ4v) is 5.25. The molecule has 0 aliphatic rings. The maximum absolute atomic E-state index is 13.1. The number of aromatic nitrogens is 1. The van der Waals surface area contributed by atoms with E-state index in [4.69, 9.17) is 4.74 Å². The fourth-order valence-electron chi connectivity index (χ4n) is 3.78. The molecule has 0 aliphatic heterocycles. The van der Waals surface area contributed by atoms with Crippen molar-refractivity contribution in [3.05, 3.63) is 90.1 Å². The number of aromatic amines is 1. The van der Waals surface area contributed by atoms with Gasteiger partial charge < -0.3 is 9.72 Å². The zero-order chi connectivity index (χ0) is 22.7. The summed E-state index contributed by atoms with van der Waals surface area (Å²) in [5.41, 5.74) is 2.92. The van der Waals surface area contributed by atoms with Gasteiger partial charge in [0.2, 0.25) is 5.78 Å². The first-order valence-electron chi connectivity index (χ1n) is 10.3. The molecule has 0 saturated carbocycles. The lowest BCUT2D eigenvalue weighted by molar-refractivity contribution is 0.0922. The van der Waals surface area contributed by atoms with Gasteiger partial charge in [0.05, 0.1) is 10.6 Å². The van der Waals surface area contributed by atoms with E-state index in [2.05, 4.69) is 4.98 Å². The van der Waals surface area contributed by atoms with Gasteiger partial charge in [-0.15, -0.1) is 0 Å². The van der Waals surface area contributed by atoms with Crippen LogP contribution in [0.3, 0.4) is 0 Å². The molecule has 1 heterocycles. The van der Waals surface area contributed by atoms with Crippen LogP contribution in [-0.2, 0) is 10.0 Å². The number of H-pyrrole nitrogens is 1. The summed E-state index contributed by atoms with van der Waals surface area (Å²) in [7, 11) is -3.71. The van der Waals surface area contributed by atoms with E-state index in [1.807, 2.05) is 37.3 Å². The number of hydrogen-bond acceptors (Lipinski definition) is 4. The number of carbonyl (C=O) groups excluding carboxylic acids is 1. The minimum Gasteiger partial charge on any atom is -0.485 e. The van der Waals surface area contributed by atoms with Crippen molar-refractivity contribution in [3.8, 4) is 5.75 Å². The molecule has 32 heavy (non-hydrogen) atoms. The molecular formula is C25H24N2O4S. The van der Waals surface area contributed by atoms with Crippen molar-refractivity contribution >= 4 is 32.4 Å². The number of nitrogens with one attached hydrogen (secondary N) is 1. The number of para-hydroxylation sites is 2. The van der Waals surface area contributed by atoms with Gasteiger partial charge in [0.1, 0.15) is 5.75 Å². The molecule has 0 bridgehead atoms. The molecule has 164 valence electrons. The van der Waals surface area contributed by atoms with Crippen LogP contribution in [0.4, 0.5) is 5.69 Å². The molecular weight excluding hydrogens is 424 g/mol. The van der Waals surface area contributed by atoms with E-state index in [1.54, 1.807) is 43.3 Å². The average molecular weight is 449 g/mol. The number of ether oxygens (including phenoxy) is 1. The van der Waals surface area contributed by atoms with E-state index in [0.717, 1.165) is 16.6 Å². The van der Waals surface area contributed by atoms with Crippen LogP contribution >= 0.6 is 0 Å². The quantitative estimate of drug-likeness (QED) is 0.387. The van der Waals surface area contributed by atoms with Crippen molar-refractivity contribution in [2.24, 2.45) is 0 Å². The molecule has 0 radical (unpaired) electrons. The molecule has 0 unspecified atom stereocenters. The number of carbonyl (C=O) groups is 1. The number of fused-ring (bicyclic) bond motifs is 1. The summed E-state index contributed by atoms with van der Waals surface area (Å²) < 4.78 is 33.2. The third-order valence-electron chi connectivity index (χ3n) is 5.29. The Morgan fingerprint density at radius 1 is 0.938 bits per heavy atom. The molecule has 0 spiro atoms. The van der Waals surface area contributed by atoms with E-state index in [-0.39, 0.29) is 17.3 Å². The fraction of sp³-hybridized carbons (Fsp3) is 0.160. The van der Waals surface area contributed by atoms with E-state index >= 15 is 0 Å². The number of hydrogen-bond donors (Lipinski definition) is 1. The minimum absolute atomic E-state index is 0.139. The van der Waals surface area contributed by atoms with Gasteiger partial charge in [-0.25, -0.2) is 8.42 Å². The second-order valence-corrected chi connectivity index (χ2v) is 9.22. The van der Waals surface area contributed by atoms with Gasteiger partial charge in [0.15, 0.2) is 6.61 Å². The Kier molecular flexibility index (Phi) is 6.01. The van der Waals surface area contributed by atoms with Gasteiger partial charge in [-0.05, 0) is 56.3 Å². The highest BCUT2D eigenvalue weighted by atomic mass is 32.2. The lowest BCUT2D eigenvalue weighted by Gasteiger charge is -2.23. The molecule has 1 aromatic heterocycles. The number of benzene rings is 3. The van der Waals surface area contributed by atoms with Crippen LogP contribution in [0.15, 0.2) is 83.8 Å². The maximum atomic E-state index is 13.1. The number of ketones is 1. The van der Waals surface area contributed by atoms with Gasteiger partial charge in [0, 0.05) is 28.7 Å². The van der Waals surface area contributed by atoms with Crippen molar-refractivity contribution < 1.29 is 17.9 Å². The van der Waals surface area contributed by atoms with Crippen molar-refractivity contribution in [1.29, 1.82) is 0 Å². The number of aryl methyl sites for hydroxylation is 1. The summed E-state index contributed by atoms with van der Waals surface area (Å²) in [4.78, 5) is 16.2. The largest absolute Gasteiger partial charge is 0.485 e. The Balaban J connectivity index is 1.49. The van der Waals surface area contributed by atoms with Crippen LogP contribution in [0, 0.1) is 6.92 Å². The number of sulfonamides is 1. The summed E-state index contributed by atoms with van der Waals surface area (Å²) in [6, 6.07) is 22.7. The maximum Gasteiger partial charge on any atom is 0.264 e. The van der Waals surface area contributed by atoms with Gasteiger partial charge >= 0.3 is 0 Å². The Morgan fingerprint density at radius 3 is 2.28 bits per heavy atom. The number of Topliss-reactive ketones (excluding diaryl/α,β-unsaturated/α-hetero) is 1. The Bertz CT molecular complexity index is 1340. The standard InChI is InChI=1S/C25H24N2O4S/c1-3-27(19-9-5-4-6-10-19)32(29,30)21-15-13-20(14-16-21)31-17-24(28)25-18(2)26-23-12-8-7-11-22(23)25/h4-16,26H,3,17H2,1-2H3. The average Bonchev–Trinajstić information content (AvgIpc) is 3.14. The SMILES string of the molecule is CCN(c1ccccc1)S(=O)(=O)c1ccc(OCC(=O)c2c(C)[nH]c3ccccc23)cc1. The molecule has 0 fully saturated rings. The summed E-state index contributed by atoms with van der Waals surface area (Å²) in [6.45, 7) is 3.82. The summed E-state index contributed by atoms with van der Waals surface area (Å²) in [6.07, 6.45) is 0. The lowest BCUT2D eigenvalue weighted by atomic mass is 10.1. The van der Waals surface area contributed by atoms with Crippen LogP contribution in [0.1, 0.15) is 23.0 Å². The predicted octanol–water partition coefficient (Wildman–Crippen LogP) is 4.95. The molecule has 0 atom stereocenters. The van der Waals surface area contributed by atoms with Crippen molar-refractivity contribution in [2.75, 3.05) is 17.5 Å². The first kappa shape index (κ1) is 21.6. The minimum atomic E-state index is -3.71. The molecule has 4 aromatic rings. The second kappa shape index (κ2) is 8.88. The third kappa shape index (κ3) is 4.11. The Labute approximate surface area is 187 Å². The molecule has 6 nitrogen and oxygen atoms in total. The topological polar surface area (TPSA) is 79.5 Å². The highest BCUT2D eigenvalue weighted by Gasteiger charge is 2.23. The lowest BCUT2D eigenvalue weighted by Crippen LogP contribution is -2.30. The van der Waals surface area contributed by atoms with Crippen LogP contribution in [-0.4, -0.2) is 32.3 Å². The number of nitrogens with zero attached hydrogens (tertiary/aromatic N) is 1. The number of anilines is 1. The van der Waals surface area contributed by atoms with Gasteiger partial charge in [-0.2, -0.15) is 0 Å². The molecule has 0 amide bonds. The van der Waals surface area contributed by atoms with E-state index in [1.165, 1.54) is 16.4 Å². The van der Waals surface area contributed by atoms with Crippen LogP contribution in [0.25, 0.3) is 10.9 Å². The molecule has 0 aliphatic carbocycles. The molecule has 0 saturated heterocycles. The van der Waals surface area contributed by atoms with Crippen molar-refractivity contribution in [2.45, 2.75) is 18.7 Å². The van der Waals surface area contributed by atoms with Crippen molar-refractivity contribution in [3.63, 3.8) is 0 Å². The van der Waals surface area contributed by atoms with Crippen LogP contribution in [0.5, 0.6) is 5.75 Å². The summed E-state index contributed by atoms with van der Waals surface area (Å²) in [5.74, 6) is 0.287. The zero-order valence-corrected chi connectivity index (χ0v) is 18.7. The van der Waals surface area contributed by atoms with Crippen LogP contribution in [0.2, 0.25) is 0 Å². The van der Waals surface area contributed by atoms with Crippen LogP contribution < -0.4 is 9.04 Å². The van der Waals surface area contributed by atoms with E-state index in [0.29, 0.717) is 23.5 Å². The molecule has 4 rings (SSSR count).